The summed E-state index contributed by atoms with van der Waals surface area (Å²) in [6.45, 7) is 0.893. The Kier molecular flexibility index (Phi) is 2.62. The maximum atomic E-state index is 12.4. The lowest BCUT2D eigenvalue weighted by Gasteiger charge is -2.08. The van der Waals surface area contributed by atoms with Crippen molar-refractivity contribution >= 4 is 16.7 Å². The molecule has 2 N–H and O–H groups in total. The number of nitrogens with zero attached hydrogens (tertiary/aromatic N) is 1. The van der Waals surface area contributed by atoms with Gasteiger partial charge in [-0.2, -0.15) is 5.26 Å². The number of aromatic nitrogens is 1. The van der Waals surface area contributed by atoms with Crippen LogP contribution in [0.4, 0.5) is 0 Å². The van der Waals surface area contributed by atoms with E-state index in [-0.39, 0.29) is 11.8 Å². The molecule has 3 rings (SSSR count). The number of H-pyrrole nitrogens is 1. The summed E-state index contributed by atoms with van der Waals surface area (Å²) >= 11 is 0. The lowest BCUT2D eigenvalue weighted by Crippen LogP contribution is -2.30. The van der Waals surface area contributed by atoms with Crippen LogP contribution >= 0.6 is 0 Å². The first kappa shape index (κ1) is 11.0. The molecule has 2 heterocycles. The number of carbonyl (C=O) groups is 1. The van der Waals surface area contributed by atoms with Crippen LogP contribution in [0.2, 0.25) is 0 Å². The molecule has 4 nitrogen and oxygen atoms in total. The van der Waals surface area contributed by atoms with Gasteiger partial charge in [0.05, 0.1) is 17.7 Å². The van der Waals surface area contributed by atoms with Crippen molar-refractivity contribution in [1.29, 1.82) is 5.26 Å². The standard InChI is InChI=1S/C14H13N3O/c15-7-9-3-1-4-11-13(9)10(8-17-11)14(18)12-5-2-6-16-12/h1,3-4,8,12,16-17H,2,5-6H2. The number of aromatic amines is 1. The zero-order chi connectivity index (χ0) is 12.5. The molecule has 90 valence electrons. The number of ketones is 1. The van der Waals surface area contributed by atoms with Gasteiger partial charge in [0.1, 0.15) is 0 Å². The van der Waals surface area contributed by atoms with E-state index in [0.717, 1.165) is 30.3 Å². The van der Waals surface area contributed by atoms with Gasteiger partial charge in [-0.3, -0.25) is 4.79 Å². The number of nitriles is 1. The Balaban J connectivity index is 2.12. The number of hydrogen-bond donors (Lipinski definition) is 2. The summed E-state index contributed by atoms with van der Waals surface area (Å²) in [6, 6.07) is 7.50. The van der Waals surface area contributed by atoms with Crippen molar-refractivity contribution < 1.29 is 4.79 Å². The molecular formula is C14H13N3O. The predicted molar refractivity (Wildman–Crippen MR) is 68.4 cm³/mol. The molecule has 1 aliphatic heterocycles. The van der Waals surface area contributed by atoms with Gasteiger partial charge in [0.15, 0.2) is 5.78 Å². The second-order valence-corrected chi connectivity index (χ2v) is 4.56. The zero-order valence-electron chi connectivity index (χ0n) is 9.86. The number of nitrogens with one attached hydrogen (secondary N) is 2. The Labute approximate surface area is 105 Å². The van der Waals surface area contributed by atoms with Gasteiger partial charge >= 0.3 is 0 Å². The number of Topliss-reactive ketones (excluding diaryl/α,β-unsaturated/α-hetero) is 1. The van der Waals surface area contributed by atoms with Crippen LogP contribution in [0.3, 0.4) is 0 Å². The van der Waals surface area contributed by atoms with Gasteiger partial charge in [0, 0.05) is 22.7 Å². The largest absolute Gasteiger partial charge is 0.360 e. The quantitative estimate of drug-likeness (QED) is 0.787. The Hall–Kier alpha value is -2.12. The van der Waals surface area contributed by atoms with Crippen molar-refractivity contribution in [2.24, 2.45) is 0 Å². The molecule has 0 spiro atoms. The molecule has 1 atom stereocenters. The van der Waals surface area contributed by atoms with E-state index < -0.39 is 0 Å². The van der Waals surface area contributed by atoms with E-state index in [2.05, 4.69) is 16.4 Å². The number of hydrogen-bond acceptors (Lipinski definition) is 3. The molecule has 0 bridgehead atoms. The first-order valence-corrected chi connectivity index (χ1v) is 6.09. The van der Waals surface area contributed by atoms with Crippen LogP contribution in [0.25, 0.3) is 10.9 Å². The Morgan fingerprint density at radius 2 is 2.33 bits per heavy atom. The number of benzene rings is 1. The molecule has 0 aliphatic carbocycles. The summed E-state index contributed by atoms with van der Waals surface area (Å²) in [7, 11) is 0. The van der Waals surface area contributed by atoms with Crippen LogP contribution in [0.5, 0.6) is 0 Å². The SMILES string of the molecule is N#Cc1cccc2[nH]cc(C(=O)C3CCCN3)c12. The summed E-state index contributed by atoms with van der Waals surface area (Å²) in [5.41, 5.74) is 2.02. The van der Waals surface area contributed by atoms with E-state index in [1.165, 1.54) is 0 Å². The highest BCUT2D eigenvalue weighted by Gasteiger charge is 2.25. The van der Waals surface area contributed by atoms with E-state index in [9.17, 15) is 4.79 Å². The molecule has 2 aromatic rings. The van der Waals surface area contributed by atoms with E-state index in [0.29, 0.717) is 11.1 Å². The van der Waals surface area contributed by atoms with Crippen LogP contribution in [-0.2, 0) is 0 Å². The minimum Gasteiger partial charge on any atom is -0.360 e. The van der Waals surface area contributed by atoms with Crippen LogP contribution in [-0.4, -0.2) is 23.4 Å². The van der Waals surface area contributed by atoms with Crippen LogP contribution in [0.15, 0.2) is 24.4 Å². The zero-order valence-corrected chi connectivity index (χ0v) is 9.86. The number of carbonyl (C=O) groups excluding carboxylic acids is 1. The second kappa shape index (κ2) is 4.28. The van der Waals surface area contributed by atoms with Crippen LogP contribution < -0.4 is 5.32 Å². The molecule has 1 saturated heterocycles. The summed E-state index contributed by atoms with van der Waals surface area (Å²) in [6.07, 6.45) is 3.62. The van der Waals surface area contributed by atoms with Crippen molar-refractivity contribution in [3.8, 4) is 6.07 Å². The number of fused-ring (bicyclic) bond motifs is 1. The Morgan fingerprint density at radius 3 is 3.06 bits per heavy atom. The topological polar surface area (TPSA) is 68.7 Å². The van der Waals surface area contributed by atoms with E-state index in [4.69, 9.17) is 5.26 Å². The summed E-state index contributed by atoms with van der Waals surface area (Å²) in [5, 5.41) is 13.1. The highest BCUT2D eigenvalue weighted by atomic mass is 16.1. The van der Waals surface area contributed by atoms with Crippen LogP contribution in [0, 0.1) is 11.3 Å². The maximum absolute atomic E-state index is 12.4. The summed E-state index contributed by atoms with van der Waals surface area (Å²) < 4.78 is 0. The Bertz CT molecular complexity index is 645. The maximum Gasteiger partial charge on any atom is 0.181 e. The van der Waals surface area contributed by atoms with Crippen molar-refractivity contribution in [3.05, 3.63) is 35.5 Å². The van der Waals surface area contributed by atoms with Gasteiger partial charge in [-0.1, -0.05) is 6.07 Å². The third-order valence-electron chi connectivity index (χ3n) is 3.47. The summed E-state index contributed by atoms with van der Waals surface area (Å²) in [5.74, 6) is 0.0847. The fourth-order valence-corrected chi connectivity index (χ4v) is 2.57. The monoisotopic (exact) mass is 239 g/mol. The third kappa shape index (κ3) is 1.60. The van der Waals surface area contributed by atoms with Crippen molar-refractivity contribution in [2.45, 2.75) is 18.9 Å². The molecule has 18 heavy (non-hydrogen) atoms. The van der Waals surface area contributed by atoms with E-state index in [1.54, 1.807) is 12.3 Å². The van der Waals surface area contributed by atoms with Gasteiger partial charge in [-0.05, 0) is 31.5 Å². The average molecular weight is 239 g/mol. The molecular weight excluding hydrogens is 226 g/mol. The first-order valence-electron chi connectivity index (χ1n) is 6.09. The normalized spacial score (nSPS) is 18.9. The molecule has 4 heteroatoms. The smallest absolute Gasteiger partial charge is 0.181 e. The minimum atomic E-state index is -0.101. The van der Waals surface area contributed by atoms with Gasteiger partial charge in [-0.25, -0.2) is 0 Å². The first-order chi connectivity index (χ1) is 8.81. The fraction of sp³-hybridized carbons (Fsp3) is 0.286. The minimum absolute atomic E-state index is 0.0847. The average Bonchev–Trinajstić information content (AvgIpc) is 3.06. The summed E-state index contributed by atoms with van der Waals surface area (Å²) in [4.78, 5) is 15.5. The third-order valence-corrected chi connectivity index (χ3v) is 3.47. The molecule has 0 radical (unpaired) electrons. The predicted octanol–water partition coefficient (Wildman–Crippen LogP) is 1.97. The van der Waals surface area contributed by atoms with Gasteiger partial charge in [0.2, 0.25) is 0 Å². The number of rotatable bonds is 2. The molecule has 1 aromatic carbocycles. The van der Waals surface area contributed by atoms with E-state index >= 15 is 0 Å². The van der Waals surface area contributed by atoms with Gasteiger partial charge in [0.25, 0.3) is 0 Å². The highest BCUT2D eigenvalue weighted by Crippen LogP contribution is 2.24. The molecule has 1 aliphatic rings. The van der Waals surface area contributed by atoms with Crippen molar-refractivity contribution in [3.63, 3.8) is 0 Å². The van der Waals surface area contributed by atoms with Gasteiger partial charge < -0.3 is 10.3 Å². The van der Waals surface area contributed by atoms with Crippen molar-refractivity contribution in [1.82, 2.24) is 10.3 Å². The van der Waals surface area contributed by atoms with Gasteiger partial charge in [-0.15, -0.1) is 0 Å². The van der Waals surface area contributed by atoms with Crippen molar-refractivity contribution in [2.75, 3.05) is 6.54 Å². The highest BCUT2D eigenvalue weighted by molar-refractivity contribution is 6.11. The second-order valence-electron chi connectivity index (χ2n) is 4.56. The fourth-order valence-electron chi connectivity index (χ4n) is 2.57. The Morgan fingerprint density at radius 1 is 1.44 bits per heavy atom. The van der Waals surface area contributed by atoms with E-state index in [1.807, 2.05) is 12.1 Å². The molecule has 1 unspecified atom stereocenters. The van der Waals surface area contributed by atoms with Crippen LogP contribution in [0.1, 0.15) is 28.8 Å². The molecule has 0 saturated carbocycles. The molecule has 1 fully saturated rings. The lowest BCUT2D eigenvalue weighted by atomic mass is 9.99. The molecule has 1 aromatic heterocycles. The molecule has 0 amide bonds. The lowest BCUT2D eigenvalue weighted by molar-refractivity contribution is 0.0954.